The summed E-state index contributed by atoms with van der Waals surface area (Å²) in [5.74, 6) is 1.06. The van der Waals surface area contributed by atoms with E-state index in [1.165, 1.54) is 11.8 Å². The topological polar surface area (TPSA) is 67.4 Å². The molecule has 0 fully saturated rings. The highest BCUT2D eigenvalue weighted by molar-refractivity contribution is 8.00. The Labute approximate surface area is 158 Å². The predicted octanol–water partition coefficient (Wildman–Crippen LogP) is 3.81. The highest BCUT2D eigenvalue weighted by Crippen LogP contribution is 2.22. The molecular weight excluding hydrogens is 348 g/mol. The molecule has 0 aliphatic heterocycles. The molecule has 6 heteroatoms. The van der Waals surface area contributed by atoms with Crippen LogP contribution in [0.3, 0.4) is 0 Å². The molecule has 0 aliphatic carbocycles. The lowest BCUT2D eigenvalue weighted by atomic mass is 10.1. The van der Waals surface area contributed by atoms with Crippen LogP contribution in [0.4, 0.5) is 5.69 Å². The lowest BCUT2D eigenvalue weighted by Crippen LogP contribution is -2.28. The maximum atomic E-state index is 12.3. The van der Waals surface area contributed by atoms with Gasteiger partial charge in [-0.2, -0.15) is 0 Å². The molecule has 2 rings (SSSR count). The largest absolute Gasteiger partial charge is 0.497 e. The lowest BCUT2D eigenvalue weighted by molar-refractivity contribution is -0.113. The smallest absolute Gasteiger partial charge is 0.253 e. The van der Waals surface area contributed by atoms with E-state index in [0.29, 0.717) is 23.7 Å². The third kappa shape index (κ3) is 6.11. The highest BCUT2D eigenvalue weighted by Gasteiger charge is 2.13. The van der Waals surface area contributed by atoms with Crippen molar-refractivity contribution in [3.8, 4) is 5.75 Å². The van der Waals surface area contributed by atoms with Crippen LogP contribution in [0.1, 0.15) is 24.2 Å². The molecule has 0 heterocycles. The third-order valence-corrected chi connectivity index (χ3v) is 4.56. The summed E-state index contributed by atoms with van der Waals surface area (Å²) in [4.78, 5) is 25.5. The first-order chi connectivity index (χ1) is 12.5. The minimum atomic E-state index is -0.183. The van der Waals surface area contributed by atoms with E-state index >= 15 is 0 Å². The lowest BCUT2D eigenvalue weighted by Gasteiger charge is -2.12. The van der Waals surface area contributed by atoms with E-state index in [-0.39, 0.29) is 17.6 Å². The summed E-state index contributed by atoms with van der Waals surface area (Å²) in [6.45, 7) is 4.66. The van der Waals surface area contributed by atoms with Gasteiger partial charge in [0.25, 0.3) is 5.91 Å². The normalized spacial score (nSPS) is 10.5. The van der Waals surface area contributed by atoms with Gasteiger partial charge in [-0.3, -0.25) is 9.59 Å². The maximum Gasteiger partial charge on any atom is 0.253 e. The second-order valence-corrected chi connectivity index (χ2v) is 7.21. The number of carbonyl (C=O) groups is 2. The van der Waals surface area contributed by atoms with E-state index in [1.807, 2.05) is 38.1 Å². The average Bonchev–Trinajstić information content (AvgIpc) is 2.65. The van der Waals surface area contributed by atoms with E-state index < -0.39 is 0 Å². The molecule has 26 heavy (non-hydrogen) atoms. The number of anilines is 1. The van der Waals surface area contributed by atoms with Crippen LogP contribution in [0.5, 0.6) is 5.75 Å². The summed E-state index contributed by atoms with van der Waals surface area (Å²) in [5.41, 5.74) is 0.991. The number of para-hydroxylation sites is 1. The molecule has 0 aliphatic rings. The van der Waals surface area contributed by atoms with Crippen LogP contribution < -0.4 is 15.4 Å². The molecule has 2 amide bonds. The summed E-state index contributed by atoms with van der Waals surface area (Å²) in [5, 5.41) is 5.70. The van der Waals surface area contributed by atoms with E-state index in [2.05, 4.69) is 10.6 Å². The Morgan fingerprint density at radius 2 is 1.77 bits per heavy atom. The van der Waals surface area contributed by atoms with Crippen LogP contribution in [0, 0.1) is 5.92 Å². The summed E-state index contributed by atoms with van der Waals surface area (Å²) in [7, 11) is 1.62. The number of hydrogen-bond acceptors (Lipinski definition) is 4. The fourth-order valence-electron chi connectivity index (χ4n) is 2.19. The Balaban J connectivity index is 1.94. The van der Waals surface area contributed by atoms with Crippen LogP contribution in [0.25, 0.3) is 0 Å². The van der Waals surface area contributed by atoms with Crippen molar-refractivity contribution in [3.63, 3.8) is 0 Å². The highest BCUT2D eigenvalue weighted by atomic mass is 32.2. The summed E-state index contributed by atoms with van der Waals surface area (Å²) < 4.78 is 5.12. The van der Waals surface area contributed by atoms with E-state index in [1.54, 1.807) is 31.4 Å². The van der Waals surface area contributed by atoms with Crippen LogP contribution >= 0.6 is 11.8 Å². The first kappa shape index (κ1) is 19.8. The van der Waals surface area contributed by atoms with Crippen molar-refractivity contribution >= 4 is 29.3 Å². The van der Waals surface area contributed by atoms with Crippen molar-refractivity contribution in [1.82, 2.24) is 5.32 Å². The van der Waals surface area contributed by atoms with E-state index in [0.717, 1.165) is 10.6 Å². The molecule has 2 aromatic rings. The molecule has 0 saturated carbocycles. The van der Waals surface area contributed by atoms with Crippen molar-refractivity contribution < 1.29 is 14.3 Å². The van der Waals surface area contributed by atoms with Crippen molar-refractivity contribution in [1.29, 1.82) is 0 Å². The first-order valence-electron chi connectivity index (χ1n) is 8.43. The Hall–Kier alpha value is -2.47. The molecular formula is C20H24N2O3S. The van der Waals surface area contributed by atoms with Gasteiger partial charge in [-0.15, -0.1) is 11.8 Å². The molecule has 0 unspecified atom stereocenters. The predicted molar refractivity (Wildman–Crippen MR) is 106 cm³/mol. The zero-order chi connectivity index (χ0) is 18.9. The molecule has 0 radical (unpaired) electrons. The number of ether oxygens (including phenoxy) is 1. The summed E-state index contributed by atoms with van der Waals surface area (Å²) in [6, 6.07) is 14.6. The molecule has 0 aromatic heterocycles. The second kappa shape index (κ2) is 9.87. The molecule has 5 nitrogen and oxygen atoms in total. The SMILES string of the molecule is COc1ccc(SCC(=O)Nc2ccccc2C(=O)NCC(C)C)cc1. The van der Waals surface area contributed by atoms with E-state index in [9.17, 15) is 9.59 Å². The summed E-state index contributed by atoms with van der Waals surface area (Å²) >= 11 is 1.43. The molecule has 2 N–H and O–H groups in total. The van der Waals surface area contributed by atoms with Crippen molar-refractivity contribution in [2.75, 3.05) is 24.7 Å². The number of methoxy groups -OCH3 is 1. The minimum absolute atomic E-state index is 0.157. The standard InChI is InChI=1S/C20H24N2O3S/c1-14(2)12-21-20(24)17-6-4-5-7-18(17)22-19(23)13-26-16-10-8-15(25-3)9-11-16/h4-11,14H,12-13H2,1-3H3,(H,21,24)(H,22,23). The first-order valence-corrected chi connectivity index (χ1v) is 9.42. The fourth-order valence-corrected chi connectivity index (χ4v) is 2.89. The van der Waals surface area contributed by atoms with Gasteiger partial charge >= 0.3 is 0 Å². The van der Waals surface area contributed by atoms with Gasteiger partial charge in [0, 0.05) is 11.4 Å². The van der Waals surface area contributed by atoms with Crippen molar-refractivity contribution in [3.05, 3.63) is 54.1 Å². The number of carbonyl (C=O) groups excluding carboxylic acids is 2. The quantitative estimate of drug-likeness (QED) is 0.692. The van der Waals surface area contributed by atoms with Crippen LogP contribution in [0.2, 0.25) is 0 Å². The second-order valence-electron chi connectivity index (χ2n) is 6.16. The Bertz CT molecular complexity index is 745. The van der Waals surface area contributed by atoms with Gasteiger partial charge in [0.2, 0.25) is 5.91 Å². The van der Waals surface area contributed by atoms with Gasteiger partial charge in [0.15, 0.2) is 0 Å². The molecule has 0 bridgehead atoms. The Kier molecular flexibility index (Phi) is 7.53. The van der Waals surface area contributed by atoms with Gasteiger partial charge in [-0.05, 0) is 42.3 Å². The number of thioether (sulfide) groups is 1. The monoisotopic (exact) mass is 372 g/mol. The molecule has 0 saturated heterocycles. The number of nitrogens with one attached hydrogen (secondary N) is 2. The zero-order valence-electron chi connectivity index (χ0n) is 15.2. The van der Waals surface area contributed by atoms with Crippen molar-refractivity contribution in [2.45, 2.75) is 18.7 Å². The van der Waals surface area contributed by atoms with Crippen LogP contribution in [-0.4, -0.2) is 31.2 Å². The molecule has 138 valence electrons. The van der Waals surface area contributed by atoms with Gasteiger partial charge in [0.05, 0.1) is 24.1 Å². The Morgan fingerprint density at radius 1 is 1.08 bits per heavy atom. The summed E-state index contributed by atoms with van der Waals surface area (Å²) in [6.07, 6.45) is 0. The number of hydrogen-bond donors (Lipinski definition) is 2. The molecule has 0 atom stereocenters. The van der Waals surface area contributed by atoms with Gasteiger partial charge in [-0.1, -0.05) is 26.0 Å². The average molecular weight is 372 g/mol. The number of benzene rings is 2. The third-order valence-electron chi connectivity index (χ3n) is 3.55. The molecule has 2 aromatic carbocycles. The van der Waals surface area contributed by atoms with Gasteiger partial charge < -0.3 is 15.4 Å². The van der Waals surface area contributed by atoms with Gasteiger partial charge in [0.1, 0.15) is 5.75 Å². The molecule has 0 spiro atoms. The number of rotatable bonds is 8. The fraction of sp³-hybridized carbons (Fsp3) is 0.300. The van der Waals surface area contributed by atoms with Crippen LogP contribution in [0.15, 0.2) is 53.4 Å². The van der Waals surface area contributed by atoms with Crippen molar-refractivity contribution in [2.24, 2.45) is 5.92 Å². The Morgan fingerprint density at radius 3 is 2.42 bits per heavy atom. The van der Waals surface area contributed by atoms with Gasteiger partial charge in [-0.25, -0.2) is 0 Å². The minimum Gasteiger partial charge on any atom is -0.497 e. The van der Waals surface area contributed by atoms with E-state index in [4.69, 9.17) is 4.74 Å². The maximum absolute atomic E-state index is 12.3. The number of amides is 2. The van der Waals surface area contributed by atoms with Crippen LogP contribution in [-0.2, 0) is 4.79 Å². The zero-order valence-corrected chi connectivity index (χ0v) is 16.1.